The second kappa shape index (κ2) is 5.13. The Morgan fingerprint density at radius 2 is 2.05 bits per heavy atom. The first-order valence-electron chi connectivity index (χ1n) is 6.46. The molecule has 0 saturated heterocycles. The molecule has 2 aromatic carbocycles. The summed E-state index contributed by atoms with van der Waals surface area (Å²) in [5, 5.41) is 10.2. The van der Waals surface area contributed by atoms with Crippen LogP contribution in [0.25, 0.3) is 0 Å². The van der Waals surface area contributed by atoms with Crippen molar-refractivity contribution in [3.63, 3.8) is 0 Å². The van der Waals surface area contributed by atoms with Gasteiger partial charge in [0, 0.05) is 12.0 Å². The lowest BCUT2D eigenvalue weighted by atomic mass is 9.95. The monoisotopic (exact) mass is 274 g/mol. The standard InChI is InChI=1S/C16H15FO3/c1-19-15-7-6-10(8-12(15)17)16-9-13(18)11-4-2-3-5-14(11)20-16/h2-8,13,16,18H,9H2,1H3/t13-,16?/m0/s1. The van der Waals surface area contributed by atoms with E-state index in [2.05, 4.69) is 0 Å². The summed E-state index contributed by atoms with van der Waals surface area (Å²) in [6, 6.07) is 12.1. The number of aliphatic hydroxyl groups excluding tert-OH is 1. The largest absolute Gasteiger partial charge is 0.494 e. The maximum Gasteiger partial charge on any atom is 0.165 e. The fourth-order valence-electron chi connectivity index (χ4n) is 2.48. The predicted molar refractivity (Wildman–Crippen MR) is 72.3 cm³/mol. The van der Waals surface area contributed by atoms with Crippen LogP contribution in [0.15, 0.2) is 42.5 Å². The average Bonchev–Trinajstić information content (AvgIpc) is 2.47. The Kier molecular flexibility index (Phi) is 3.32. The number of rotatable bonds is 2. The van der Waals surface area contributed by atoms with Crippen LogP contribution in [0.3, 0.4) is 0 Å². The molecule has 1 aliphatic rings. The summed E-state index contributed by atoms with van der Waals surface area (Å²) < 4.78 is 24.5. The Bertz CT molecular complexity index is 627. The van der Waals surface area contributed by atoms with Crippen LogP contribution >= 0.6 is 0 Å². The molecule has 0 radical (unpaired) electrons. The molecule has 2 atom stereocenters. The molecule has 0 fully saturated rings. The zero-order valence-electron chi connectivity index (χ0n) is 11.0. The lowest BCUT2D eigenvalue weighted by Gasteiger charge is -2.30. The van der Waals surface area contributed by atoms with Gasteiger partial charge >= 0.3 is 0 Å². The van der Waals surface area contributed by atoms with E-state index in [1.54, 1.807) is 12.1 Å². The van der Waals surface area contributed by atoms with Crippen LogP contribution in [0.5, 0.6) is 11.5 Å². The van der Waals surface area contributed by atoms with E-state index < -0.39 is 11.9 Å². The molecule has 1 N–H and O–H groups in total. The Hall–Kier alpha value is -2.07. The maximum absolute atomic E-state index is 13.8. The van der Waals surface area contributed by atoms with E-state index in [4.69, 9.17) is 9.47 Å². The van der Waals surface area contributed by atoms with E-state index in [1.165, 1.54) is 13.2 Å². The number of hydrogen-bond acceptors (Lipinski definition) is 3. The second-order valence-electron chi connectivity index (χ2n) is 4.79. The highest BCUT2D eigenvalue weighted by molar-refractivity contribution is 5.39. The molecule has 4 heteroatoms. The molecule has 0 bridgehead atoms. The van der Waals surface area contributed by atoms with Crippen LogP contribution in [0.4, 0.5) is 4.39 Å². The van der Waals surface area contributed by atoms with Crippen molar-refractivity contribution in [1.82, 2.24) is 0 Å². The van der Waals surface area contributed by atoms with Gasteiger partial charge < -0.3 is 14.6 Å². The van der Waals surface area contributed by atoms with Gasteiger partial charge in [0.2, 0.25) is 0 Å². The van der Waals surface area contributed by atoms with Crippen LogP contribution in [0, 0.1) is 5.82 Å². The van der Waals surface area contributed by atoms with Gasteiger partial charge in [-0.15, -0.1) is 0 Å². The molecule has 0 aromatic heterocycles. The molecule has 0 amide bonds. The third-order valence-corrected chi connectivity index (χ3v) is 3.53. The molecular weight excluding hydrogens is 259 g/mol. The third-order valence-electron chi connectivity index (χ3n) is 3.53. The molecule has 0 aliphatic carbocycles. The zero-order chi connectivity index (χ0) is 14.1. The molecule has 3 nitrogen and oxygen atoms in total. The first kappa shape index (κ1) is 12.9. The van der Waals surface area contributed by atoms with E-state index in [0.29, 0.717) is 17.7 Å². The number of methoxy groups -OCH3 is 1. The number of halogens is 1. The van der Waals surface area contributed by atoms with Crippen LogP contribution in [-0.2, 0) is 0 Å². The van der Waals surface area contributed by atoms with Gasteiger partial charge in [-0.05, 0) is 23.8 Å². The fourth-order valence-corrected chi connectivity index (χ4v) is 2.48. The number of hydrogen-bond donors (Lipinski definition) is 1. The number of para-hydroxylation sites is 1. The van der Waals surface area contributed by atoms with Crippen molar-refractivity contribution >= 4 is 0 Å². The predicted octanol–water partition coefficient (Wildman–Crippen LogP) is 3.39. The molecular formula is C16H15FO3. The summed E-state index contributed by atoms with van der Waals surface area (Å²) in [6.45, 7) is 0. The smallest absolute Gasteiger partial charge is 0.165 e. The van der Waals surface area contributed by atoms with Gasteiger partial charge in [-0.3, -0.25) is 0 Å². The van der Waals surface area contributed by atoms with Crippen molar-refractivity contribution < 1.29 is 19.0 Å². The summed E-state index contributed by atoms with van der Waals surface area (Å²) in [5.74, 6) is 0.417. The summed E-state index contributed by atoms with van der Waals surface area (Å²) >= 11 is 0. The molecule has 1 aliphatic heterocycles. The van der Waals surface area contributed by atoms with Gasteiger partial charge in [0.25, 0.3) is 0 Å². The number of fused-ring (bicyclic) bond motifs is 1. The van der Waals surface area contributed by atoms with Gasteiger partial charge in [-0.1, -0.05) is 24.3 Å². The van der Waals surface area contributed by atoms with Crippen LogP contribution in [0.1, 0.15) is 29.8 Å². The van der Waals surface area contributed by atoms with Gasteiger partial charge in [-0.2, -0.15) is 0 Å². The van der Waals surface area contributed by atoms with Gasteiger partial charge in [0.1, 0.15) is 11.9 Å². The van der Waals surface area contributed by atoms with E-state index in [0.717, 1.165) is 5.56 Å². The minimum atomic E-state index is -0.602. The molecule has 3 rings (SSSR count). The van der Waals surface area contributed by atoms with Crippen molar-refractivity contribution in [1.29, 1.82) is 0 Å². The quantitative estimate of drug-likeness (QED) is 0.912. The minimum Gasteiger partial charge on any atom is -0.494 e. The summed E-state index contributed by atoms with van der Waals surface area (Å²) in [5.41, 5.74) is 1.47. The Balaban J connectivity index is 1.91. The topological polar surface area (TPSA) is 38.7 Å². The lowest BCUT2D eigenvalue weighted by Crippen LogP contribution is -2.19. The van der Waals surface area contributed by atoms with Crippen molar-refractivity contribution in [3.05, 3.63) is 59.4 Å². The third kappa shape index (κ3) is 2.23. The van der Waals surface area contributed by atoms with Gasteiger partial charge in [-0.25, -0.2) is 4.39 Å². The van der Waals surface area contributed by atoms with E-state index in [1.807, 2.05) is 24.3 Å². The SMILES string of the molecule is COc1ccc(C2C[C@H](O)c3ccccc3O2)cc1F. The van der Waals surface area contributed by atoms with Crippen LogP contribution in [-0.4, -0.2) is 12.2 Å². The normalized spacial score (nSPS) is 20.9. The highest BCUT2D eigenvalue weighted by Gasteiger charge is 2.28. The first-order valence-corrected chi connectivity index (χ1v) is 6.46. The molecule has 2 aromatic rings. The van der Waals surface area contributed by atoms with E-state index >= 15 is 0 Å². The summed E-state index contributed by atoms with van der Waals surface area (Å²) in [7, 11) is 1.43. The summed E-state index contributed by atoms with van der Waals surface area (Å²) in [6.07, 6.45) is -0.557. The molecule has 1 unspecified atom stereocenters. The Morgan fingerprint density at radius 1 is 1.25 bits per heavy atom. The van der Waals surface area contributed by atoms with Crippen molar-refractivity contribution in [2.24, 2.45) is 0 Å². The fraction of sp³-hybridized carbons (Fsp3) is 0.250. The highest BCUT2D eigenvalue weighted by Crippen LogP contribution is 2.40. The molecule has 0 saturated carbocycles. The van der Waals surface area contributed by atoms with E-state index in [9.17, 15) is 9.50 Å². The maximum atomic E-state index is 13.8. The number of aliphatic hydroxyl groups is 1. The Labute approximate surface area is 116 Å². The molecule has 0 spiro atoms. The first-order chi connectivity index (χ1) is 9.69. The molecule has 1 heterocycles. The van der Waals surface area contributed by atoms with Crippen molar-refractivity contribution in [2.45, 2.75) is 18.6 Å². The van der Waals surface area contributed by atoms with Gasteiger partial charge in [0.05, 0.1) is 13.2 Å². The lowest BCUT2D eigenvalue weighted by molar-refractivity contribution is 0.0655. The number of ether oxygens (including phenoxy) is 2. The number of benzene rings is 2. The van der Waals surface area contributed by atoms with Gasteiger partial charge in [0.15, 0.2) is 11.6 Å². The minimum absolute atomic E-state index is 0.200. The average molecular weight is 274 g/mol. The van der Waals surface area contributed by atoms with Crippen LogP contribution in [0.2, 0.25) is 0 Å². The van der Waals surface area contributed by atoms with Crippen molar-refractivity contribution in [3.8, 4) is 11.5 Å². The zero-order valence-corrected chi connectivity index (χ0v) is 11.0. The Morgan fingerprint density at radius 3 is 2.80 bits per heavy atom. The summed E-state index contributed by atoms with van der Waals surface area (Å²) in [4.78, 5) is 0. The second-order valence-corrected chi connectivity index (χ2v) is 4.79. The van der Waals surface area contributed by atoms with E-state index in [-0.39, 0.29) is 11.9 Å². The highest BCUT2D eigenvalue weighted by atomic mass is 19.1. The molecule has 104 valence electrons. The van der Waals surface area contributed by atoms with Crippen molar-refractivity contribution in [2.75, 3.05) is 7.11 Å². The van der Waals surface area contributed by atoms with Crippen LogP contribution < -0.4 is 9.47 Å². The molecule has 20 heavy (non-hydrogen) atoms.